The zero-order valence-corrected chi connectivity index (χ0v) is 11.3. The normalized spacial score (nSPS) is 18.6. The molecule has 2 aromatic rings. The van der Waals surface area contributed by atoms with Gasteiger partial charge in [-0.05, 0) is 36.6 Å². The van der Waals surface area contributed by atoms with Crippen molar-refractivity contribution >= 4 is 28.5 Å². The van der Waals surface area contributed by atoms with Crippen LogP contribution in [0.25, 0.3) is 10.9 Å². The largest absolute Gasteiger partial charge is 0.481 e. The van der Waals surface area contributed by atoms with Crippen LogP contribution in [0.15, 0.2) is 24.4 Å². The highest BCUT2D eigenvalue weighted by molar-refractivity contribution is 6.35. The van der Waals surface area contributed by atoms with Crippen molar-refractivity contribution in [2.45, 2.75) is 37.5 Å². The Kier molecular flexibility index (Phi) is 3.02. The number of carbonyl (C=O) groups is 1. The van der Waals surface area contributed by atoms with E-state index in [2.05, 4.69) is 4.98 Å². The van der Waals surface area contributed by atoms with E-state index in [1.54, 1.807) is 0 Å². The summed E-state index contributed by atoms with van der Waals surface area (Å²) in [6, 6.07) is 5.69. The number of aromatic nitrogens is 1. The minimum atomic E-state index is -0.763. The summed E-state index contributed by atoms with van der Waals surface area (Å²) in [5, 5.41) is 11.3. The van der Waals surface area contributed by atoms with Gasteiger partial charge in [0, 0.05) is 17.1 Å². The molecule has 3 rings (SSSR count). The molecule has 0 unspecified atom stereocenters. The summed E-state index contributed by atoms with van der Waals surface area (Å²) in [5.74, 6) is -0.728. The molecule has 100 valence electrons. The molecule has 19 heavy (non-hydrogen) atoms. The third-order valence-electron chi connectivity index (χ3n) is 4.29. The Morgan fingerprint density at radius 2 is 2.00 bits per heavy atom. The fraction of sp³-hybridized carbons (Fsp3) is 0.400. The monoisotopic (exact) mass is 277 g/mol. The highest BCUT2D eigenvalue weighted by atomic mass is 35.5. The first-order chi connectivity index (χ1) is 9.13. The number of aliphatic carboxylic acids is 1. The molecule has 0 atom stereocenters. The van der Waals surface area contributed by atoms with Gasteiger partial charge < -0.3 is 10.1 Å². The first-order valence-electron chi connectivity index (χ1n) is 6.64. The second-order valence-electron chi connectivity index (χ2n) is 5.34. The van der Waals surface area contributed by atoms with Gasteiger partial charge in [-0.1, -0.05) is 30.9 Å². The highest BCUT2D eigenvalue weighted by Crippen LogP contribution is 2.42. The molecule has 3 nitrogen and oxygen atoms in total. The van der Waals surface area contributed by atoms with E-state index >= 15 is 0 Å². The lowest BCUT2D eigenvalue weighted by atomic mass is 9.69. The lowest BCUT2D eigenvalue weighted by Gasteiger charge is -2.33. The molecule has 0 saturated heterocycles. The molecule has 1 saturated carbocycles. The topological polar surface area (TPSA) is 53.1 Å². The number of rotatable bonds is 2. The van der Waals surface area contributed by atoms with Gasteiger partial charge in [0.1, 0.15) is 0 Å². The van der Waals surface area contributed by atoms with Crippen molar-refractivity contribution in [3.05, 3.63) is 35.0 Å². The summed E-state index contributed by atoms with van der Waals surface area (Å²) >= 11 is 6.28. The molecule has 1 aliphatic rings. The molecule has 1 aliphatic carbocycles. The molecule has 0 amide bonds. The second kappa shape index (κ2) is 4.57. The molecule has 1 aromatic heterocycles. The van der Waals surface area contributed by atoms with Gasteiger partial charge in [-0.25, -0.2) is 0 Å². The molecule has 0 bridgehead atoms. The lowest BCUT2D eigenvalue weighted by molar-refractivity contribution is -0.145. The summed E-state index contributed by atoms with van der Waals surface area (Å²) < 4.78 is 0. The Balaban J connectivity index is 2.17. The maximum atomic E-state index is 11.8. The highest BCUT2D eigenvalue weighted by Gasteiger charge is 2.41. The van der Waals surface area contributed by atoms with Crippen molar-refractivity contribution in [1.82, 2.24) is 4.98 Å². The predicted octanol–water partition coefficient (Wildman–Crippen LogP) is 4.11. The summed E-state index contributed by atoms with van der Waals surface area (Å²) in [6.07, 6.45) is 6.28. The average Bonchev–Trinajstić information content (AvgIpc) is 2.88. The number of halogens is 1. The number of fused-ring (bicyclic) bond motifs is 1. The molecule has 2 N–H and O–H groups in total. The van der Waals surface area contributed by atoms with Gasteiger partial charge >= 0.3 is 5.97 Å². The molecule has 1 heterocycles. The van der Waals surface area contributed by atoms with Crippen LogP contribution in [0, 0.1) is 0 Å². The Labute approximate surface area is 116 Å². The Morgan fingerprint density at radius 1 is 1.26 bits per heavy atom. The van der Waals surface area contributed by atoms with Crippen LogP contribution >= 0.6 is 11.6 Å². The van der Waals surface area contributed by atoms with Crippen molar-refractivity contribution in [2.75, 3.05) is 0 Å². The summed E-state index contributed by atoms with van der Waals surface area (Å²) in [5.41, 5.74) is 0.981. The number of aromatic amines is 1. The maximum Gasteiger partial charge on any atom is 0.314 e. The van der Waals surface area contributed by atoms with E-state index in [9.17, 15) is 9.90 Å². The average molecular weight is 278 g/mol. The van der Waals surface area contributed by atoms with E-state index < -0.39 is 11.4 Å². The van der Waals surface area contributed by atoms with E-state index in [0.29, 0.717) is 17.9 Å². The molecule has 1 aromatic carbocycles. The molecule has 0 spiro atoms. The van der Waals surface area contributed by atoms with E-state index in [0.717, 1.165) is 35.7 Å². The van der Waals surface area contributed by atoms with E-state index in [4.69, 9.17) is 11.6 Å². The van der Waals surface area contributed by atoms with Crippen molar-refractivity contribution in [1.29, 1.82) is 0 Å². The van der Waals surface area contributed by atoms with Crippen LogP contribution in [0.5, 0.6) is 0 Å². The van der Waals surface area contributed by atoms with Crippen molar-refractivity contribution in [3.63, 3.8) is 0 Å². The van der Waals surface area contributed by atoms with Crippen LogP contribution in [-0.4, -0.2) is 16.1 Å². The lowest BCUT2D eigenvalue weighted by Crippen LogP contribution is -2.37. The summed E-state index contributed by atoms with van der Waals surface area (Å²) in [6.45, 7) is 0. The number of carboxylic acid groups (broad SMARTS) is 1. The maximum absolute atomic E-state index is 11.8. The van der Waals surface area contributed by atoms with Gasteiger partial charge in [0.05, 0.1) is 10.4 Å². The summed E-state index contributed by atoms with van der Waals surface area (Å²) in [4.78, 5) is 14.9. The molecule has 0 aliphatic heterocycles. The number of benzene rings is 1. The minimum absolute atomic E-state index is 0.625. The first-order valence-corrected chi connectivity index (χ1v) is 7.02. The third-order valence-corrected chi connectivity index (χ3v) is 4.60. The van der Waals surface area contributed by atoms with Crippen molar-refractivity contribution in [2.24, 2.45) is 0 Å². The first kappa shape index (κ1) is 12.5. The SMILES string of the molecule is O=C(O)C1(c2cc(Cl)c3cc[nH]c3c2)CCCCC1. The standard InChI is InChI=1S/C15H16ClNO2/c16-12-8-10(9-13-11(12)4-7-17-13)15(14(18)19)5-2-1-3-6-15/h4,7-9,17H,1-3,5-6H2,(H,18,19). The summed E-state index contributed by atoms with van der Waals surface area (Å²) in [7, 11) is 0. The van der Waals surface area contributed by atoms with Gasteiger partial charge in [-0.15, -0.1) is 0 Å². The quantitative estimate of drug-likeness (QED) is 0.868. The Morgan fingerprint density at radius 3 is 2.68 bits per heavy atom. The molecule has 4 heteroatoms. The van der Waals surface area contributed by atoms with Crippen molar-refractivity contribution < 1.29 is 9.90 Å². The zero-order valence-electron chi connectivity index (χ0n) is 10.6. The van der Waals surface area contributed by atoms with Crippen LogP contribution in [-0.2, 0) is 10.2 Å². The fourth-order valence-electron chi connectivity index (χ4n) is 3.18. The molecule has 0 radical (unpaired) electrons. The van der Waals surface area contributed by atoms with Crippen LogP contribution in [0.4, 0.5) is 0 Å². The zero-order chi connectivity index (χ0) is 13.5. The smallest absolute Gasteiger partial charge is 0.314 e. The molecule has 1 fully saturated rings. The number of nitrogens with one attached hydrogen (secondary N) is 1. The van der Waals surface area contributed by atoms with Crippen LogP contribution in [0.3, 0.4) is 0 Å². The predicted molar refractivity (Wildman–Crippen MR) is 75.7 cm³/mol. The molecular formula is C15H16ClNO2. The van der Waals surface area contributed by atoms with E-state index in [-0.39, 0.29) is 0 Å². The Hall–Kier alpha value is -1.48. The van der Waals surface area contributed by atoms with Gasteiger partial charge in [-0.2, -0.15) is 0 Å². The van der Waals surface area contributed by atoms with Crippen LogP contribution < -0.4 is 0 Å². The van der Waals surface area contributed by atoms with Gasteiger partial charge in [-0.3, -0.25) is 4.79 Å². The minimum Gasteiger partial charge on any atom is -0.481 e. The van der Waals surface area contributed by atoms with E-state index in [1.807, 2.05) is 24.4 Å². The molecular weight excluding hydrogens is 262 g/mol. The van der Waals surface area contributed by atoms with E-state index in [1.165, 1.54) is 0 Å². The number of H-pyrrole nitrogens is 1. The van der Waals surface area contributed by atoms with Gasteiger partial charge in [0.2, 0.25) is 0 Å². The number of hydrogen-bond donors (Lipinski definition) is 2. The van der Waals surface area contributed by atoms with Crippen LogP contribution in [0.2, 0.25) is 5.02 Å². The Bertz CT molecular complexity index is 626. The number of hydrogen-bond acceptors (Lipinski definition) is 1. The fourth-order valence-corrected chi connectivity index (χ4v) is 3.46. The van der Waals surface area contributed by atoms with Gasteiger partial charge in [0.15, 0.2) is 0 Å². The van der Waals surface area contributed by atoms with Crippen molar-refractivity contribution in [3.8, 4) is 0 Å². The van der Waals surface area contributed by atoms with Gasteiger partial charge in [0.25, 0.3) is 0 Å². The van der Waals surface area contributed by atoms with Crippen LogP contribution in [0.1, 0.15) is 37.7 Å². The second-order valence-corrected chi connectivity index (χ2v) is 5.75. The number of carboxylic acids is 1. The third kappa shape index (κ3) is 1.93.